The quantitative estimate of drug-likeness (QED) is 0.324. The normalized spacial score (nSPS) is 10.9. The van der Waals surface area contributed by atoms with Gasteiger partial charge in [-0.15, -0.1) is 0 Å². The smallest absolute Gasteiger partial charge is 0.329 e. The van der Waals surface area contributed by atoms with Crippen molar-refractivity contribution in [1.82, 2.24) is 15.3 Å². The molecule has 1 aromatic heterocycles. The number of aromatic nitrogens is 1. The second kappa shape index (κ2) is 9.30. The molecule has 8 heteroatoms. The summed E-state index contributed by atoms with van der Waals surface area (Å²) in [7, 11) is 1.51. The number of carbonyl (C=O) groups excluding carboxylic acids is 2. The van der Waals surface area contributed by atoms with Crippen molar-refractivity contribution in [3.63, 3.8) is 0 Å². The van der Waals surface area contributed by atoms with E-state index in [-0.39, 0.29) is 6.54 Å². The monoisotopic (exact) mass is 420 g/mol. The zero-order chi connectivity index (χ0) is 19.1. The van der Waals surface area contributed by atoms with E-state index in [4.69, 9.17) is 4.74 Å². The minimum absolute atomic E-state index is 0.264. The minimum Gasteiger partial charge on any atom is -0.383 e. The Morgan fingerprint density at radius 1 is 1.27 bits per heavy atom. The molecule has 0 bridgehead atoms. The molecule has 2 amide bonds. The number of aryl methyl sites for hydroxylation is 1. The molecule has 1 aromatic carbocycles. The molecule has 0 aliphatic rings. The number of methoxy groups -OCH3 is 1. The van der Waals surface area contributed by atoms with E-state index in [1.807, 2.05) is 44.2 Å². The highest BCUT2D eigenvalue weighted by Gasteiger charge is 2.12. The molecule has 0 radical (unpaired) electrons. The number of nitrogens with zero attached hydrogens (tertiary/aromatic N) is 2. The molecule has 2 N–H and O–H groups in total. The number of benzene rings is 1. The van der Waals surface area contributed by atoms with Crippen molar-refractivity contribution in [2.45, 2.75) is 13.8 Å². The molecule has 0 saturated heterocycles. The molecule has 26 heavy (non-hydrogen) atoms. The van der Waals surface area contributed by atoms with Crippen molar-refractivity contribution in [1.29, 1.82) is 0 Å². The first-order chi connectivity index (χ1) is 12.4. The Balaban J connectivity index is 2.06. The molecule has 2 rings (SSSR count). The van der Waals surface area contributed by atoms with Gasteiger partial charge in [0, 0.05) is 40.8 Å². The highest BCUT2D eigenvalue weighted by atomic mass is 79.9. The predicted molar refractivity (Wildman–Crippen MR) is 104 cm³/mol. The van der Waals surface area contributed by atoms with Gasteiger partial charge >= 0.3 is 11.8 Å². The molecule has 2 aromatic rings. The van der Waals surface area contributed by atoms with Crippen molar-refractivity contribution in [3.05, 3.63) is 51.8 Å². The average Bonchev–Trinajstić information content (AvgIpc) is 2.88. The van der Waals surface area contributed by atoms with Crippen molar-refractivity contribution in [2.75, 3.05) is 20.3 Å². The van der Waals surface area contributed by atoms with E-state index >= 15 is 0 Å². The predicted octanol–water partition coefficient (Wildman–Crippen LogP) is 2.07. The lowest BCUT2D eigenvalue weighted by Gasteiger charge is -2.09. The fraction of sp³-hybridized carbons (Fsp3) is 0.278. The third kappa shape index (κ3) is 5.03. The molecule has 0 atom stereocenters. The van der Waals surface area contributed by atoms with E-state index < -0.39 is 11.8 Å². The van der Waals surface area contributed by atoms with Crippen molar-refractivity contribution >= 4 is 34.0 Å². The fourth-order valence-electron chi connectivity index (χ4n) is 2.49. The number of carbonyl (C=O) groups is 2. The summed E-state index contributed by atoms with van der Waals surface area (Å²) in [6, 6.07) is 9.93. The molecule has 7 nitrogen and oxygen atoms in total. The second-order valence-electron chi connectivity index (χ2n) is 5.59. The van der Waals surface area contributed by atoms with Crippen LogP contribution in [0.1, 0.15) is 17.0 Å². The maximum Gasteiger partial charge on any atom is 0.329 e. The molecular formula is C18H21BrN4O3. The number of halogens is 1. The average molecular weight is 421 g/mol. The summed E-state index contributed by atoms with van der Waals surface area (Å²) in [5.74, 6) is -1.57. The Labute approximate surface area is 160 Å². The summed E-state index contributed by atoms with van der Waals surface area (Å²) in [5, 5.41) is 6.30. The lowest BCUT2D eigenvalue weighted by atomic mass is 10.2. The lowest BCUT2D eigenvalue weighted by Crippen LogP contribution is -2.39. The van der Waals surface area contributed by atoms with Crippen LogP contribution in [0.5, 0.6) is 0 Å². The van der Waals surface area contributed by atoms with Crippen molar-refractivity contribution in [3.8, 4) is 5.69 Å². The van der Waals surface area contributed by atoms with Gasteiger partial charge in [-0.1, -0.05) is 22.0 Å². The van der Waals surface area contributed by atoms with Crippen molar-refractivity contribution < 1.29 is 14.3 Å². The molecule has 138 valence electrons. The Hall–Kier alpha value is -2.45. The standard InChI is InChI=1S/C18H21BrN4O3/c1-12-9-14(11-21-22-18(25)17(24)20-7-8-26-3)13(2)23(12)16-6-4-5-15(19)10-16/h4-6,9-11H,7-8H2,1-3H3,(H,20,24)(H,22,25)/b21-11-. The van der Waals surface area contributed by atoms with Crippen LogP contribution in [0.15, 0.2) is 39.9 Å². The zero-order valence-electron chi connectivity index (χ0n) is 14.9. The molecule has 0 spiro atoms. The number of hydrazone groups is 1. The highest BCUT2D eigenvalue weighted by Crippen LogP contribution is 2.22. The SMILES string of the molecule is COCCNC(=O)C(=O)N/N=C\c1cc(C)n(-c2cccc(Br)c2)c1C. The third-order valence-electron chi connectivity index (χ3n) is 3.70. The molecule has 0 aliphatic heterocycles. The third-order valence-corrected chi connectivity index (χ3v) is 4.20. The Bertz CT molecular complexity index is 830. The van der Waals surface area contributed by atoms with Gasteiger partial charge in [0.05, 0.1) is 12.8 Å². The Kier molecular flexibility index (Phi) is 7.11. The van der Waals surface area contributed by atoms with Crippen LogP contribution in [0.3, 0.4) is 0 Å². The van der Waals surface area contributed by atoms with E-state index in [1.54, 1.807) is 0 Å². The Morgan fingerprint density at radius 3 is 2.73 bits per heavy atom. The van der Waals surface area contributed by atoms with Crippen molar-refractivity contribution in [2.24, 2.45) is 5.10 Å². The maximum absolute atomic E-state index is 11.7. The number of ether oxygens (including phenoxy) is 1. The summed E-state index contributed by atoms with van der Waals surface area (Å²) in [6.45, 7) is 4.56. The van der Waals surface area contributed by atoms with E-state index in [9.17, 15) is 9.59 Å². The molecule has 0 fully saturated rings. The summed E-state index contributed by atoms with van der Waals surface area (Å²) in [6.07, 6.45) is 1.52. The van der Waals surface area contributed by atoms with Gasteiger partial charge in [0.2, 0.25) is 0 Å². The largest absolute Gasteiger partial charge is 0.383 e. The first-order valence-corrected chi connectivity index (χ1v) is 8.78. The minimum atomic E-state index is -0.821. The van der Waals surface area contributed by atoms with Gasteiger partial charge in [0.15, 0.2) is 0 Å². The first kappa shape index (κ1) is 19.9. The Morgan fingerprint density at radius 2 is 2.04 bits per heavy atom. The van der Waals surface area contributed by atoms with Gasteiger partial charge in [0.25, 0.3) is 0 Å². The lowest BCUT2D eigenvalue weighted by molar-refractivity contribution is -0.139. The van der Waals surface area contributed by atoms with Crippen LogP contribution >= 0.6 is 15.9 Å². The van der Waals surface area contributed by atoms with Gasteiger partial charge in [-0.2, -0.15) is 5.10 Å². The van der Waals surface area contributed by atoms with Gasteiger partial charge in [-0.3, -0.25) is 9.59 Å². The van der Waals surface area contributed by atoms with E-state index in [1.165, 1.54) is 13.3 Å². The van der Waals surface area contributed by atoms with Crippen LogP contribution in [-0.2, 0) is 14.3 Å². The van der Waals surface area contributed by atoms with Crippen LogP contribution in [0, 0.1) is 13.8 Å². The molecular weight excluding hydrogens is 400 g/mol. The van der Waals surface area contributed by atoms with E-state index in [0.717, 1.165) is 27.1 Å². The number of amides is 2. The van der Waals surface area contributed by atoms with Gasteiger partial charge < -0.3 is 14.6 Å². The molecule has 0 aliphatic carbocycles. The second-order valence-corrected chi connectivity index (χ2v) is 6.51. The van der Waals surface area contributed by atoms with Crippen LogP contribution in [0.25, 0.3) is 5.69 Å². The molecule has 0 unspecified atom stereocenters. The number of hydrogen-bond donors (Lipinski definition) is 2. The summed E-state index contributed by atoms with van der Waals surface area (Å²) in [5.41, 5.74) is 6.11. The zero-order valence-corrected chi connectivity index (χ0v) is 16.5. The summed E-state index contributed by atoms with van der Waals surface area (Å²) >= 11 is 3.48. The number of nitrogens with one attached hydrogen (secondary N) is 2. The van der Waals surface area contributed by atoms with Crippen LogP contribution in [-0.4, -0.2) is 42.9 Å². The number of rotatable bonds is 6. The summed E-state index contributed by atoms with van der Waals surface area (Å²) < 4.78 is 7.88. The van der Waals surface area contributed by atoms with E-state index in [0.29, 0.717) is 6.61 Å². The number of hydrogen-bond acceptors (Lipinski definition) is 4. The van der Waals surface area contributed by atoms with E-state index in [2.05, 4.69) is 36.3 Å². The van der Waals surface area contributed by atoms with Gasteiger partial charge in [0.1, 0.15) is 0 Å². The van der Waals surface area contributed by atoms with Gasteiger partial charge in [-0.25, -0.2) is 5.43 Å². The van der Waals surface area contributed by atoms with Gasteiger partial charge in [-0.05, 0) is 38.1 Å². The highest BCUT2D eigenvalue weighted by molar-refractivity contribution is 9.10. The van der Waals surface area contributed by atoms with Crippen LogP contribution < -0.4 is 10.7 Å². The van der Waals surface area contributed by atoms with Crippen LogP contribution in [0.2, 0.25) is 0 Å². The topological polar surface area (TPSA) is 84.7 Å². The summed E-state index contributed by atoms with van der Waals surface area (Å²) in [4.78, 5) is 23.2. The first-order valence-electron chi connectivity index (χ1n) is 7.99. The molecule has 0 saturated carbocycles. The maximum atomic E-state index is 11.7. The fourth-order valence-corrected chi connectivity index (χ4v) is 2.88. The van der Waals surface area contributed by atoms with Crippen LogP contribution in [0.4, 0.5) is 0 Å². The molecule has 1 heterocycles.